The van der Waals surface area contributed by atoms with E-state index in [2.05, 4.69) is 5.32 Å². The summed E-state index contributed by atoms with van der Waals surface area (Å²) in [5.74, 6) is -1.07. The van der Waals surface area contributed by atoms with E-state index in [0.717, 1.165) is 9.87 Å². The molecule has 0 unspecified atom stereocenters. The number of halogens is 1. The highest BCUT2D eigenvalue weighted by molar-refractivity contribution is 7.92. The number of carbonyl (C=O) groups excluding carboxylic acids is 2. The van der Waals surface area contributed by atoms with Crippen LogP contribution < -0.4 is 9.62 Å². The van der Waals surface area contributed by atoms with Gasteiger partial charge in [0.15, 0.2) is 0 Å². The van der Waals surface area contributed by atoms with Crippen LogP contribution in [-0.4, -0.2) is 43.8 Å². The van der Waals surface area contributed by atoms with Crippen molar-refractivity contribution in [3.63, 3.8) is 0 Å². The van der Waals surface area contributed by atoms with Crippen LogP contribution in [0.5, 0.6) is 0 Å². The predicted molar refractivity (Wildman–Crippen MR) is 156 cm³/mol. The Labute approximate surface area is 237 Å². The van der Waals surface area contributed by atoms with E-state index in [0.29, 0.717) is 17.7 Å². The van der Waals surface area contributed by atoms with Gasteiger partial charge in [-0.1, -0.05) is 63.2 Å². The molecule has 0 aliphatic rings. The Balaban J connectivity index is 2.06. The van der Waals surface area contributed by atoms with Crippen molar-refractivity contribution in [3.05, 3.63) is 95.8 Å². The summed E-state index contributed by atoms with van der Waals surface area (Å²) in [4.78, 5) is 28.6. The van der Waals surface area contributed by atoms with E-state index in [9.17, 15) is 22.4 Å². The van der Waals surface area contributed by atoms with Crippen molar-refractivity contribution in [2.75, 3.05) is 10.8 Å². The Morgan fingerprint density at radius 2 is 1.48 bits per heavy atom. The average molecular weight is 568 g/mol. The minimum atomic E-state index is -4.13. The van der Waals surface area contributed by atoms with Crippen LogP contribution in [0.1, 0.15) is 58.1 Å². The van der Waals surface area contributed by atoms with E-state index in [1.165, 1.54) is 29.2 Å². The Morgan fingerprint density at radius 3 is 2.00 bits per heavy atom. The van der Waals surface area contributed by atoms with Gasteiger partial charge in [0, 0.05) is 12.6 Å². The van der Waals surface area contributed by atoms with Crippen molar-refractivity contribution in [2.24, 2.45) is 0 Å². The fourth-order valence-corrected chi connectivity index (χ4v) is 5.80. The van der Waals surface area contributed by atoms with Crippen LogP contribution in [0.3, 0.4) is 0 Å². The molecule has 0 saturated carbocycles. The quantitative estimate of drug-likeness (QED) is 0.314. The number of nitrogens with one attached hydrogen (secondary N) is 1. The SMILES string of the molecule is CC[C@@H](C(=O)NC(C)C)N(Cc1ccc(F)cc1)C(=O)CN(c1ccc(C(C)C)cc1)S(=O)(=O)c1ccccc1. The van der Waals surface area contributed by atoms with E-state index in [1.807, 2.05) is 39.8 Å². The number of carbonyl (C=O) groups is 2. The molecule has 1 atom stereocenters. The lowest BCUT2D eigenvalue weighted by Gasteiger charge is -2.33. The zero-order valence-corrected chi connectivity index (χ0v) is 24.5. The van der Waals surface area contributed by atoms with Crippen molar-refractivity contribution in [2.45, 2.75) is 70.5 Å². The van der Waals surface area contributed by atoms with E-state index >= 15 is 0 Å². The first-order valence-electron chi connectivity index (χ1n) is 13.5. The van der Waals surface area contributed by atoms with Crippen molar-refractivity contribution >= 4 is 27.5 Å². The second kappa shape index (κ2) is 13.6. The number of nitrogens with zero attached hydrogens (tertiary/aromatic N) is 2. The van der Waals surface area contributed by atoms with E-state index < -0.39 is 34.3 Å². The Kier molecular flexibility index (Phi) is 10.5. The summed E-state index contributed by atoms with van der Waals surface area (Å²) in [5, 5.41) is 2.86. The normalized spacial score (nSPS) is 12.3. The highest BCUT2D eigenvalue weighted by Gasteiger charge is 2.33. The summed E-state index contributed by atoms with van der Waals surface area (Å²) in [6.07, 6.45) is 0.306. The van der Waals surface area contributed by atoms with Crippen molar-refractivity contribution in [1.29, 1.82) is 0 Å². The van der Waals surface area contributed by atoms with E-state index in [-0.39, 0.29) is 29.3 Å². The molecule has 0 saturated heterocycles. The molecule has 2 amide bonds. The van der Waals surface area contributed by atoms with Gasteiger partial charge in [0.2, 0.25) is 11.8 Å². The second-order valence-electron chi connectivity index (χ2n) is 10.3. The number of anilines is 1. The molecule has 0 aliphatic carbocycles. The minimum absolute atomic E-state index is 0.00858. The molecular formula is C31H38FN3O4S. The summed E-state index contributed by atoms with van der Waals surface area (Å²) < 4.78 is 42.4. The zero-order valence-electron chi connectivity index (χ0n) is 23.7. The fraction of sp³-hybridized carbons (Fsp3) is 0.355. The van der Waals surface area contributed by atoms with Gasteiger partial charge in [-0.25, -0.2) is 12.8 Å². The number of sulfonamides is 1. The molecule has 0 fully saturated rings. The van der Waals surface area contributed by atoms with Gasteiger partial charge in [0.05, 0.1) is 10.6 Å². The predicted octanol–water partition coefficient (Wildman–Crippen LogP) is 5.48. The fourth-order valence-electron chi connectivity index (χ4n) is 4.36. The lowest BCUT2D eigenvalue weighted by atomic mass is 10.0. The van der Waals surface area contributed by atoms with Gasteiger partial charge in [0.1, 0.15) is 18.4 Å². The van der Waals surface area contributed by atoms with Crippen LogP contribution in [-0.2, 0) is 26.2 Å². The van der Waals surface area contributed by atoms with Crippen molar-refractivity contribution < 1.29 is 22.4 Å². The van der Waals surface area contributed by atoms with Crippen LogP contribution in [0.25, 0.3) is 0 Å². The molecule has 7 nitrogen and oxygen atoms in total. The molecule has 0 heterocycles. The summed E-state index contributed by atoms with van der Waals surface area (Å²) in [7, 11) is -4.13. The lowest BCUT2D eigenvalue weighted by molar-refractivity contribution is -0.140. The van der Waals surface area contributed by atoms with Crippen LogP contribution >= 0.6 is 0 Å². The molecule has 0 radical (unpaired) electrons. The number of hydrogen-bond donors (Lipinski definition) is 1. The monoisotopic (exact) mass is 567 g/mol. The molecule has 0 spiro atoms. The standard InChI is InChI=1S/C31H38FN3O4S/c1-6-29(31(37)33-23(4)5)34(20-24-12-16-26(32)17-13-24)30(36)21-35(27-18-14-25(15-19-27)22(2)3)40(38,39)28-10-8-7-9-11-28/h7-19,22-23,29H,6,20-21H2,1-5H3,(H,33,37)/t29-/m0/s1. The molecule has 0 bridgehead atoms. The third-order valence-electron chi connectivity index (χ3n) is 6.54. The average Bonchev–Trinajstić information content (AvgIpc) is 2.92. The molecule has 214 valence electrons. The number of amides is 2. The summed E-state index contributed by atoms with van der Waals surface area (Å²) in [6.45, 7) is 9.00. The van der Waals surface area contributed by atoms with Crippen LogP contribution in [0.2, 0.25) is 0 Å². The summed E-state index contributed by atoms with van der Waals surface area (Å²) in [5.41, 5.74) is 1.98. The van der Waals surface area contributed by atoms with Gasteiger partial charge in [-0.15, -0.1) is 0 Å². The van der Waals surface area contributed by atoms with Gasteiger partial charge in [-0.2, -0.15) is 0 Å². The van der Waals surface area contributed by atoms with Gasteiger partial charge < -0.3 is 10.2 Å². The van der Waals surface area contributed by atoms with Crippen LogP contribution in [0.15, 0.2) is 83.8 Å². The van der Waals surface area contributed by atoms with Crippen LogP contribution in [0.4, 0.5) is 10.1 Å². The molecule has 40 heavy (non-hydrogen) atoms. The highest BCUT2D eigenvalue weighted by Crippen LogP contribution is 2.27. The summed E-state index contributed by atoms with van der Waals surface area (Å²) in [6, 6.07) is 19.7. The van der Waals surface area contributed by atoms with Crippen LogP contribution in [0, 0.1) is 5.82 Å². The van der Waals surface area contributed by atoms with E-state index in [1.54, 1.807) is 49.4 Å². The third-order valence-corrected chi connectivity index (χ3v) is 8.33. The lowest BCUT2D eigenvalue weighted by Crippen LogP contribution is -2.53. The molecule has 0 aliphatic heterocycles. The Hall–Kier alpha value is -3.72. The molecule has 3 rings (SSSR count). The molecule has 9 heteroatoms. The highest BCUT2D eigenvalue weighted by atomic mass is 32.2. The minimum Gasteiger partial charge on any atom is -0.352 e. The van der Waals surface area contributed by atoms with E-state index in [4.69, 9.17) is 0 Å². The Bertz CT molecular complexity index is 1380. The topological polar surface area (TPSA) is 86.8 Å². The maximum Gasteiger partial charge on any atom is 0.264 e. The van der Waals surface area contributed by atoms with Gasteiger partial charge in [-0.3, -0.25) is 13.9 Å². The number of benzene rings is 3. The van der Waals surface area contributed by atoms with Gasteiger partial charge in [0.25, 0.3) is 10.0 Å². The maximum absolute atomic E-state index is 14.0. The molecule has 3 aromatic rings. The molecule has 3 aromatic carbocycles. The maximum atomic E-state index is 14.0. The second-order valence-corrected chi connectivity index (χ2v) is 12.2. The zero-order chi connectivity index (χ0) is 29.4. The largest absolute Gasteiger partial charge is 0.352 e. The first-order chi connectivity index (χ1) is 18.9. The number of rotatable bonds is 12. The smallest absolute Gasteiger partial charge is 0.264 e. The van der Waals surface area contributed by atoms with Gasteiger partial charge in [-0.05, 0) is 73.7 Å². The molecular weight excluding hydrogens is 529 g/mol. The number of hydrogen-bond acceptors (Lipinski definition) is 4. The van der Waals surface area contributed by atoms with Crippen molar-refractivity contribution in [3.8, 4) is 0 Å². The Morgan fingerprint density at radius 1 is 0.875 bits per heavy atom. The third kappa shape index (κ3) is 7.69. The van der Waals surface area contributed by atoms with Crippen molar-refractivity contribution in [1.82, 2.24) is 10.2 Å². The molecule has 1 N–H and O–H groups in total. The summed E-state index contributed by atoms with van der Waals surface area (Å²) >= 11 is 0. The molecule has 0 aromatic heterocycles. The van der Waals surface area contributed by atoms with Gasteiger partial charge >= 0.3 is 0 Å². The first-order valence-corrected chi connectivity index (χ1v) is 14.9. The first kappa shape index (κ1) is 30.8.